The number of rotatable bonds is 7. The Morgan fingerprint density at radius 3 is 2.59 bits per heavy atom. The van der Waals surface area contributed by atoms with E-state index in [9.17, 15) is 14.7 Å². The number of allylic oxidation sites excluding steroid dienone is 3. The summed E-state index contributed by atoms with van der Waals surface area (Å²) in [6.07, 6.45) is 5.81. The predicted molar refractivity (Wildman–Crippen MR) is 103 cm³/mol. The summed E-state index contributed by atoms with van der Waals surface area (Å²) in [6.45, 7) is 7.43. The van der Waals surface area contributed by atoms with Crippen LogP contribution in [0.3, 0.4) is 0 Å². The Labute approximate surface area is 157 Å². The van der Waals surface area contributed by atoms with Gasteiger partial charge >= 0.3 is 11.6 Å². The lowest BCUT2D eigenvalue weighted by atomic mass is 10.1. The molecular weight excluding hydrogens is 348 g/mol. The first-order valence-electron chi connectivity index (χ1n) is 8.68. The molecule has 2 rings (SSSR count). The zero-order valence-electron chi connectivity index (χ0n) is 16.0. The Bertz CT molecular complexity index is 945. The lowest BCUT2D eigenvalue weighted by Gasteiger charge is -2.10. The van der Waals surface area contributed by atoms with Crippen LogP contribution in [0.15, 0.2) is 50.7 Å². The van der Waals surface area contributed by atoms with Crippen LogP contribution in [0.25, 0.3) is 11.0 Å². The minimum absolute atomic E-state index is 0.0968. The topological polar surface area (TPSA) is 86.0 Å². The molecule has 0 radical (unpaired) electrons. The van der Waals surface area contributed by atoms with Gasteiger partial charge in [0.15, 0.2) is 5.75 Å². The zero-order chi connectivity index (χ0) is 20.0. The van der Waals surface area contributed by atoms with E-state index < -0.39 is 17.3 Å². The fourth-order valence-electron chi connectivity index (χ4n) is 2.51. The van der Waals surface area contributed by atoms with Gasteiger partial charge in [0.1, 0.15) is 23.3 Å². The van der Waals surface area contributed by atoms with Crippen LogP contribution in [-0.4, -0.2) is 17.7 Å². The number of fused-ring (bicyclic) bond motifs is 1. The fourth-order valence-corrected chi connectivity index (χ4v) is 2.51. The maximum atomic E-state index is 12.1. The summed E-state index contributed by atoms with van der Waals surface area (Å²) < 4.78 is 15.7. The third-order valence-electron chi connectivity index (χ3n) is 3.83. The molecule has 0 aliphatic rings. The van der Waals surface area contributed by atoms with Crippen molar-refractivity contribution in [1.29, 1.82) is 0 Å². The fraction of sp³-hybridized carbons (Fsp3) is 0.333. The van der Waals surface area contributed by atoms with Gasteiger partial charge in [0.2, 0.25) is 5.75 Å². The molecule has 0 fully saturated rings. The number of esters is 1. The molecule has 1 heterocycles. The molecule has 0 spiro atoms. The van der Waals surface area contributed by atoms with Crippen LogP contribution in [0.5, 0.6) is 17.2 Å². The molecule has 2 aromatic rings. The monoisotopic (exact) mass is 372 g/mol. The van der Waals surface area contributed by atoms with Crippen molar-refractivity contribution in [1.82, 2.24) is 0 Å². The molecule has 0 aliphatic carbocycles. The van der Waals surface area contributed by atoms with E-state index in [1.54, 1.807) is 6.07 Å². The number of hydrogen-bond acceptors (Lipinski definition) is 6. The molecule has 0 saturated carbocycles. The Morgan fingerprint density at radius 2 is 1.93 bits per heavy atom. The summed E-state index contributed by atoms with van der Waals surface area (Å²) in [5.74, 6) is -1.17. The minimum atomic E-state index is -0.796. The van der Waals surface area contributed by atoms with Gasteiger partial charge in [-0.1, -0.05) is 23.3 Å². The first-order chi connectivity index (χ1) is 12.8. The number of ether oxygens (including phenoxy) is 2. The van der Waals surface area contributed by atoms with E-state index in [1.165, 1.54) is 24.6 Å². The summed E-state index contributed by atoms with van der Waals surface area (Å²) in [5.41, 5.74) is 1.69. The summed E-state index contributed by atoms with van der Waals surface area (Å²) in [5, 5.41) is 10.6. The molecule has 144 valence electrons. The average molecular weight is 372 g/mol. The van der Waals surface area contributed by atoms with Gasteiger partial charge in [-0.05, 0) is 51.8 Å². The first kappa shape index (κ1) is 20.3. The molecule has 27 heavy (non-hydrogen) atoms. The number of benzene rings is 1. The second-order valence-electron chi connectivity index (χ2n) is 6.47. The molecular formula is C21H24O6. The van der Waals surface area contributed by atoms with Gasteiger partial charge in [-0.15, -0.1) is 0 Å². The molecule has 0 unspecified atom stereocenters. The standard InChI is InChI=1S/C21H24O6/c1-13(2)7-5-8-14(3)11-12-25-20-19(23)18-16(26-15(4)22)9-6-10-17(18)27-21(20)24/h6-7,9-11,23H,5,8,12H2,1-4H3/b14-11+. The molecule has 1 aromatic heterocycles. The van der Waals surface area contributed by atoms with E-state index in [0.717, 1.165) is 18.4 Å². The van der Waals surface area contributed by atoms with Crippen molar-refractivity contribution in [2.75, 3.05) is 6.61 Å². The van der Waals surface area contributed by atoms with Crippen LogP contribution in [0.1, 0.15) is 40.5 Å². The van der Waals surface area contributed by atoms with Crippen LogP contribution < -0.4 is 15.1 Å². The molecule has 0 bridgehead atoms. The van der Waals surface area contributed by atoms with Gasteiger partial charge < -0.3 is 19.0 Å². The molecule has 0 saturated heterocycles. The number of hydrogen-bond donors (Lipinski definition) is 1. The van der Waals surface area contributed by atoms with Crippen LogP contribution in [0, 0.1) is 0 Å². The quantitative estimate of drug-likeness (QED) is 0.333. The van der Waals surface area contributed by atoms with E-state index in [0.29, 0.717) is 0 Å². The third kappa shape index (κ3) is 5.48. The summed E-state index contributed by atoms with van der Waals surface area (Å²) >= 11 is 0. The molecule has 6 nitrogen and oxygen atoms in total. The summed E-state index contributed by atoms with van der Waals surface area (Å²) in [6, 6.07) is 4.56. The molecule has 1 aromatic carbocycles. The number of aromatic hydroxyl groups is 1. The largest absolute Gasteiger partial charge is 0.503 e. The lowest BCUT2D eigenvalue weighted by Crippen LogP contribution is -2.09. The smallest absolute Gasteiger partial charge is 0.383 e. The van der Waals surface area contributed by atoms with E-state index in [-0.39, 0.29) is 29.1 Å². The van der Waals surface area contributed by atoms with Crippen molar-refractivity contribution < 1.29 is 23.8 Å². The summed E-state index contributed by atoms with van der Waals surface area (Å²) in [7, 11) is 0. The van der Waals surface area contributed by atoms with Crippen LogP contribution in [0.4, 0.5) is 0 Å². The van der Waals surface area contributed by atoms with Gasteiger partial charge in [0.05, 0.1) is 0 Å². The van der Waals surface area contributed by atoms with Crippen molar-refractivity contribution >= 4 is 16.9 Å². The maximum Gasteiger partial charge on any atom is 0.383 e. The van der Waals surface area contributed by atoms with Crippen molar-refractivity contribution in [3.05, 3.63) is 51.9 Å². The Balaban J connectivity index is 2.24. The predicted octanol–water partition coefficient (Wildman–Crippen LogP) is 4.50. The molecule has 0 atom stereocenters. The highest BCUT2D eigenvalue weighted by Crippen LogP contribution is 2.37. The molecule has 6 heteroatoms. The Morgan fingerprint density at radius 1 is 1.19 bits per heavy atom. The Hall–Kier alpha value is -3.02. The second-order valence-corrected chi connectivity index (χ2v) is 6.47. The molecule has 1 N–H and O–H groups in total. The number of carbonyl (C=O) groups is 1. The lowest BCUT2D eigenvalue weighted by molar-refractivity contribution is -0.131. The average Bonchev–Trinajstić information content (AvgIpc) is 2.56. The second kappa shape index (κ2) is 9.07. The van der Waals surface area contributed by atoms with Crippen LogP contribution in [-0.2, 0) is 4.79 Å². The van der Waals surface area contributed by atoms with E-state index in [1.807, 2.05) is 26.8 Å². The number of carbonyl (C=O) groups excluding carboxylic acids is 1. The van der Waals surface area contributed by atoms with Crippen molar-refractivity contribution in [3.63, 3.8) is 0 Å². The van der Waals surface area contributed by atoms with E-state index in [4.69, 9.17) is 13.9 Å². The van der Waals surface area contributed by atoms with Crippen molar-refractivity contribution in [2.45, 2.75) is 40.5 Å². The van der Waals surface area contributed by atoms with Gasteiger partial charge in [-0.25, -0.2) is 4.79 Å². The van der Waals surface area contributed by atoms with Gasteiger partial charge in [0.25, 0.3) is 0 Å². The highest BCUT2D eigenvalue weighted by Gasteiger charge is 2.19. The van der Waals surface area contributed by atoms with E-state index in [2.05, 4.69) is 6.08 Å². The van der Waals surface area contributed by atoms with Gasteiger partial charge in [0, 0.05) is 6.92 Å². The van der Waals surface area contributed by atoms with Crippen molar-refractivity contribution in [3.8, 4) is 17.2 Å². The van der Waals surface area contributed by atoms with Gasteiger partial charge in [-0.2, -0.15) is 0 Å². The first-order valence-corrected chi connectivity index (χ1v) is 8.68. The molecule has 0 amide bonds. The highest BCUT2D eigenvalue weighted by molar-refractivity contribution is 5.92. The maximum absolute atomic E-state index is 12.1. The SMILES string of the molecule is CC(=O)Oc1cccc2oc(=O)c(OC/C=C(\C)CCC=C(C)C)c(O)c12. The highest BCUT2D eigenvalue weighted by atomic mass is 16.5. The zero-order valence-corrected chi connectivity index (χ0v) is 16.0. The Kier molecular flexibility index (Phi) is 6.82. The van der Waals surface area contributed by atoms with Crippen LogP contribution >= 0.6 is 0 Å². The third-order valence-corrected chi connectivity index (χ3v) is 3.83. The van der Waals surface area contributed by atoms with Crippen LogP contribution in [0.2, 0.25) is 0 Å². The van der Waals surface area contributed by atoms with Gasteiger partial charge in [-0.3, -0.25) is 4.79 Å². The molecule has 0 aliphatic heterocycles. The normalized spacial score (nSPS) is 11.3. The summed E-state index contributed by atoms with van der Waals surface area (Å²) in [4.78, 5) is 23.4. The van der Waals surface area contributed by atoms with Crippen molar-refractivity contribution in [2.24, 2.45) is 0 Å². The minimum Gasteiger partial charge on any atom is -0.503 e. The van der Waals surface area contributed by atoms with E-state index >= 15 is 0 Å².